The van der Waals surface area contributed by atoms with E-state index in [2.05, 4.69) is 26.2 Å². The van der Waals surface area contributed by atoms with Crippen LogP contribution in [-0.2, 0) is 0 Å². The highest BCUT2D eigenvalue weighted by Gasteiger charge is 2.24. The minimum atomic E-state index is -0.935. The van der Waals surface area contributed by atoms with Crippen molar-refractivity contribution in [2.24, 2.45) is 0 Å². The number of hydrogen-bond donors (Lipinski definition) is 2. The van der Waals surface area contributed by atoms with Crippen LogP contribution in [0.15, 0.2) is 10.9 Å². The summed E-state index contributed by atoms with van der Waals surface area (Å²) in [7, 11) is 0. The number of rotatable bonds is 2. The molecule has 0 bridgehead atoms. The second kappa shape index (κ2) is 3.70. The van der Waals surface area contributed by atoms with Crippen LogP contribution < -0.4 is 5.32 Å². The normalized spacial score (nSPS) is 21.4. The van der Waals surface area contributed by atoms with Crippen molar-refractivity contribution < 1.29 is 9.90 Å². The lowest BCUT2D eigenvalue weighted by molar-refractivity contribution is 0.0682. The van der Waals surface area contributed by atoms with Gasteiger partial charge < -0.3 is 15.0 Å². The van der Waals surface area contributed by atoms with Crippen LogP contribution in [-0.4, -0.2) is 33.7 Å². The first kappa shape index (κ1) is 9.67. The second-order valence-corrected chi connectivity index (χ2v) is 3.94. The number of aromatic carboxylic acids is 1. The minimum absolute atomic E-state index is 0.193. The first-order chi connectivity index (χ1) is 6.70. The molecular formula is C8H10BrN3O2. The lowest BCUT2D eigenvalue weighted by Crippen LogP contribution is -2.17. The Morgan fingerprint density at radius 3 is 3.14 bits per heavy atom. The Balaban J connectivity index is 2.38. The number of halogens is 1. The Bertz CT molecular complexity index is 357. The third-order valence-corrected chi connectivity index (χ3v) is 2.96. The SMILES string of the molecule is O=C(O)c1cnc(Br)n1C1CCNC1. The van der Waals surface area contributed by atoms with Crippen LogP contribution in [0.5, 0.6) is 0 Å². The number of hydrogen-bond acceptors (Lipinski definition) is 3. The molecule has 76 valence electrons. The van der Waals surface area contributed by atoms with Crippen molar-refractivity contribution >= 4 is 21.9 Å². The molecule has 1 fully saturated rings. The predicted octanol–water partition coefficient (Wildman–Crippen LogP) is 0.878. The van der Waals surface area contributed by atoms with Gasteiger partial charge in [0.2, 0.25) is 0 Å². The maximum Gasteiger partial charge on any atom is 0.354 e. The standard InChI is InChI=1S/C8H10BrN3O2/c9-8-11-4-6(7(13)14)12(8)5-1-2-10-3-5/h4-5,10H,1-3H2,(H,13,14). The molecule has 0 radical (unpaired) electrons. The molecule has 1 saturated heterocycles. The van der Waals surface area contributed by atoms with E-state index in [4.69, 9.17) is 5.11 Å². The molecule has 1 unspecified atom stereocenters. The number of carbonyl (C=O) groups is 1. The summed E-state index contributed by atoms with van der Waals surface area (Å²) in [6, 6.07) is 0.193. The highest BCUT2D eigenvalue weighted by molar-refractivity contribution is 9.10. The second-order valence-electron chi connectivity index (χ2n) is 3.23. The summed E-state index contributed by atoms with van der Waals surface area (Å²) in [5.74, 6) is -0.935. The van der Waals surface area contributed by atoms with Crippen molar-refractivity contribution in [3.8, 4) is 0 Å². The monoisotopic (exact) mass is 259 g/mol. The van der Waals surface area contributed by atoms with Gasteiger partial charge in [0.25, 0.3) is 0 Å². The maximum atomic E-state index is 10.9. The fourth-order valence-electron chi connectivity index (χ4n) is 1.70. The molecule has 2 N–H and O–H groups in total. The zero-order chi connectivity index (χ0) is 10.1. The van der Waals surface area contributed by atoms with E-state index in [1.807, 2.05) is 0 Å². The molecule has 1 aromatic rings. The number of nitrogens with one attached hydrogen (secondary N) is 1. The van der Waals surface area contributed by atoms with Crippen molar-refractivity contribution in [2.75, 3.05) is 13.1 Å². The lowest BCUT2D eigenvalue weighted by atomic mass is 10.2. The molecule has 0 aliphatic carbocycles. The first-order valence-electron chi connectivity index (χ1n) is 4.37. The molecule has 2 rings (SSSR count). The molecule has 2 heterocycles. The van der Waals surface area contributed by atoms with E-state index in [9.17, 15) is 4.79 Å². The first-order valence-corrected chi connectivity index (χ1v) is 5.16. The molecule has 1 aromatic heterocycles. The zero-order valence-corrected chi connectivity index (χ0v) is 8.99. The van der Waals surface area contributed by atoms with E-state index in [-0.39, 0.29) is 11.7 Å². The fourth-order valence-corrected chi connectivity index (χ4v) is 2.29. The van der Waals surface area contributed by atoms with Gasteiger partial charge in [-0.25, -0.2) is 9.78 Å². The number of imidazole rings is 1. The van der Waals surface area contributed by atoms with Gasteiger partial charge in [0.15, 0.2) is 4.73 Å². The fraction of sp³-hybridized carbons (Fsp3) is 0.500. The van der Waals surface area contributed by atoms with Crippen molar-refractivity contribution in [2.45, 2.75) is 12.5 Å². The van der Waals surface area contributed by atoms with Crippen molar-refractivity contribution in [1.82, 2.24) is 14.9 Å². The van der Waals surface area contributed by atoms with Gasteiger partial charge in [0.05, 0.1) is 12.2 Å². The Kier molecular flexibility index (Phi) is 2.56. The quantitative estimate of drug-likeness (QED) is 0.828. The molecule has 0 amide bonds. The molecule has 5 nitrogen and oxygen atoms in total. The molecule has 14 heavy (non-hydrogen) atoms. The number of nitrogens with zero attached hydrogens (tertiary/aromatic N) is 2. The summed E-state index contributed by atoms with van der Waals surface area (Å²) in [6.45, 7) is 1.73. The van der Waals surface area contributed by atoms with Gasteiger partial charge in [-0.15, -0.1) is 0 Å². The van der Waals surface area contributed by atoms with Gasteiger partial charge >= 0.3 is 5.97 Å². The van der Waals surface area contributed by atoms with Gasteiger partial charge in [0, 0.05) is 6.54 Å². The molecular weight excluding hydrogens is 250 g/mol. The Labute approximate surface area is 89.3 Å². The molecule has 0 aromatic carbocycles. The summed E-state index contributed by atoms with van der Waals surface area (Å²) in [5.41, 5.74) is 0.241. The summed E-state index contributed by atoms with van der Waals surface area (Å²) < 4.78 is 2.31. The van der Waals surface area contributed by atoms with E-state index >= 15 is 0 Å². The minimum Gasteiger partial charge on any atom is -0.477 e. The molecule has 6 heteroatoms. The van der Waals surface area contributed by atoms with Crippen LogP contribution in [0.4, 0.5) is 0 Å². The maximum absolute atomic E-state index is 10.9. The van der Waals surface area contributed by atoms with Crippen molar-refractivity contribution in [3.05, 3.63) is 16.6 Å². The summed E-state index contributed by atoms with van der Waals surface area (Å²) in [4.78, 5) is 14.8. The van der Waals surface area contributed by atoms with Crippen LogP contribution in [0, 0.1) is 0 Å². The Hall–Kier alpha value is -0.880. The van der Waals surface area contributed by atoms with E-state index in [0.29, 0.717) is 4.73 Å². The van der Waals surface area contributed by atoms with E-state index in [1.165, 1.54) is 6.20 Å². The van der Waals surface area contributed by atoms with Crippen LogP contribution in [0.3, 0.4) is 0 Å². The molecule has 1 aliphatic heterocycles. The number of carboxylic acids is 1. The number of carboxylic acid groups (broad SMARTS) is 1. The van der Waals surface area contributed by atoms with Crippen LogP contribution >= 0.6 is 15.9 Å². The molecule has 0 saturated carbocycles. The van der Waals surface area contributed by atoms with Gasteiger partial charge in [-0.2, -0.15) is 0 Å². The average Bonchev–Trinajstić information content (AvgIpc) is 2.71. The third kappa shape index (κ3) is 1.55. The summed E-state index contributed by atoms with van der Waals surface area (Å²) >= 11 is 3.26. The lowest BCUT2D eigenvalue weighted by Gasteiger charge is -2.13. The summed E-state index contributed by atoms with van der Waals surface area (Å²) in [5, 5.41) is 12.1. The van der Waals surface area contributed by atoms with Crippen molar-refractivity contribution in [1.29, 1.82) is 0 Å². The van der Waals surface area contributed by atoms with Gasteiger partial charge in [0.1, 0.15) is 5.69 Å². The van der Waals surface area contributed by atoms with Gasteiger partial charge in [-0.3, -0.25) is 0 Å². The highest BCUT2D eigenvalue weighted by atomic mass is 79.9. The Morgan fingerprint density at radius 2 is 2.57 bits per heavy atom. The van der Waals surface area contributed by atoms with Crippen LogP contribution in [0.2, 0.25) is 0 Å². The molecule has 1 aliphatic rings. The average molecular weight is 260 g/mol. The van der Waals surface area contributed by atoms with Crippen LogP contribution in [0.25, 0.3) is 0 Å². The van der Waals surface area contributed by atoms with E-state index < -0.39 is 5.97 Å². The van der Waals surface area contributed by atoms with Gasteiger partial charge in [-0.05, 0) is 28.9 Å². The molecule has 0 spiro atoms. The number of aromatic nitrogens is 2. The van der Waals surface area contributed by atoms with E-state index in [1.54, 1.807) is 4.57 Å². The smallest absolute Gasteiger partial charge is 0.354 e. The molecule has 1 atom stereocenters. The topological polar surface area (TPSA) is 67.1 Å². The van der Waals surface area contributed by atoms with E-state index in [0.717, 1.165) is 19.5 Å². The summed E-state index contributed by atoms with van der Waals surface area (Å²) in [6.07, 6.45) is 2.32. The van der Waals surface area contributed by atoms with Gasteiger partial charge in [-0.1, -0.05) is 0 Å². The third-order valence-electron chi connectivity index (χ3n) is 2.37. The predicted molar refractivity (Wildman–Crippen MR) is 53.4 cm³/mol. The highest BCUT2D eigenvalue weighted by Crippen LogP contribution is 2.23. The van der Waals surface area contributed by atoms with Crippen molar-refractivity contribution in [3.63, 3.8) is 0 Å². The zero-order valence-electron chi connectivity index (χ0n) is 7.40. The van der Waals surface area contributed by atoms with Crippen LogP contribution in [0.1, 0.15) is 23.0 Å². The Morgan fingerprint density at radius 1 is 1.79 bits per heavy atom. The largest absolute Gasteiger partial charge is 0.477 e.